The fourth-order valence-corrected chi connectivity index (χ4v) is 1.45. The number of hydrogen-bond donors (Lipinski definition) is 3. The summed E-state index contributed by atoms with van der Waals surface area (Å²) < 4.78 is 0. The van der Waals surface area contributed by atoms with Gasteiger partial charge in [0.05, 0.1) is 10.7 Å². The smallest absolute Gasteiger partial charge is 0.249 e. The van der Waals surface area contributed by atoms with E-state index in [0.29, 0.717) is 15.7 Å². The number of anilines is 4. The van der Waals surface area contributed by atoms with Crippen LogP contribution >= 0.6 is 23.2 Å². The molecule has 0 fully saturated rings. The molecule has 17 heavy (non-hydrogen) atoms. The van der Waals surface area contributed by atoms with Crippen molar-refractivity contribution in [2.24, 2.45) is 0 Å². The molecule has 0 amide bonds. The summed E-state index contributed by atoms with van der Waals surface area (Å²) in [5, 5.41) is 11.2. The Labute approximate surface area is 107 Å². The normalized spacial score (nSPS) is 10.2. The Morgan fingerprint density at radius 3 is 2.53 bits per heavy atom. The Morgan fingerprint density at radius 2 is 1.82 bits per heavy atom. The third-order valence-corrected chi connectivity index (χ3v) is 2.48. The minimum Gasteiger partial charge on any atom is -0.380 e. The van der Waals surface area contributed by atoms with Gasteiger partial charge in [-0.2, -0.15) is 4.98 Å². The van der Waals surface area contributed by atoms with E-state index in [1.165, 1.54) is 0 Å². The Kier molecular flexibility index (Phi) is 3.16. The van der Waals surface area contributed by atoms with Crippen LogP contribution in [0.1, 0.15) is 0 Å². The number of nitrogens with two attached hydrogens (primary N) is 2. The first kappa shape index (κ1) is 11.7. The fourth-order valence-electron chi connectivity index (χ4n) is 1.11. The molecule has 0 saturated heterocycles. The Morgan fingerprint density at radius 1 is 1.06 bits per heavy atom. The zero-order valence-electron chi connectivity index (χ0n) is 8.48. The Balaban J connectivity index is 2.31. The molecule has 0 atom stereocenters. The second-order valence-electron chi connectivity index (χ2n) is 3.16. The summed E-state index contributed by atoms with van der Waals surface area (Å²) in [5.41, 5.74) is 11.5. The molecule has 1 aromatic heterocycles. The van der Waals surface area contributed by atoms with Crippen LogP contribution in [0.4, 0.5) is 23.3 Å². The van der Waals surface area contributed by atoms with Crippen LogP contribution in [0.15, 0.2) is 18.2 Å². The number of hydrogen-bond acceptors (Lipinski definition) is 6. The summed E-state index contributed by atoms with van der Waals surface area (Å²) >= 11 is 11.8. The van der Waals surface area contributed by atoms with Crippen LogP contribution in [-0.4, -0.2) is 15.2 Å². The minimum absolute atomic E-state index is 0.0766. The first-order valence-corrected chi connectivity index (χ1v) is 5.29. The van der Waals surface area contributed by atoms with Gasteiger partial charge in [-0.1, -0.05) is 23.2 Å². The first-order valence-electron chi connectivity index (χ1n) is 4.54. The summed E-state index contributed by atoms with van der Waals surface area (Å²) in [4.78, 5) is 3.91. The quantitative estimate of drug-likeness (QED) is 0.772. The molecule has 2 rings (SSSR count). The Bertz CT molecular complexity index is 559. The molecule has 2 aromatic rings. The van der Waals surface area contributed by atoms with Crippen molar-refractivity contribution in [3.63, 3.8) is 0 Å². The highest BCUT2D eigenvalue weighted by molar-refractivity contribution is 6.35. The van der Waals surface area contributed by atoms with Gasteiger partial charge < -0.3 is 16.8 Å². The molecule has 0 saturated carbocycles. The molecule has 0 spiro atoms. The van der Waals surface area contributed by atoms with Crippen molar-refractivity contribution in [3.8, 4) is 0 Å². The van der Waals surface area contributed by atoms with Crippen molar-refractivity contribution in [1.82, 2.24) is 15.2 Å². The van der Waals surface area contributed by atoms with E-state index in [-0.39, 0.29) is 17.6 Å². The fraction of sp³-hybridized carbons (Fsp3) is 0. The van der Waals surface area contributed by atoms with Crippen molar-refractivity contribution in [3.05, 3.63) is 28.2 Å². The van der Waals surface area contributed by atoms with Crippen LogP contribution in [0, 0.1) is 0 Å². The molecular formula is C9H8Cl2N6. The first-order chi connectivity index (χ1) is 8.06. The van der Waals surface area contributed by atoms with Gasteiger partial charge in [-0.25, -0.2) is 0 Å². The lowest BCUT2D eigenvalue weighted by atomic mass is 10.3. The monoisotopic (exact) mass is 270 g/mol. The lowest BCUT2D eigenvalue weighted by Crippen LogP contribution is -2.06. The molecule has 5 N–H and O–H groups in total. The molecule has 1 heterocycles. The molecule has 1 aromatic carbocycles. The summed E-state index contributed by atoms with van der Waals surface area (Å²) in [6, 6.07) is 4.96. The van der Waals surface area contributed by atoms with Gasteiger partial charge in [0, 0.05) is 5.02 Å². The van der Waals surface area contributed by atoms with Crippen molar-refractivity contribution < 1.29 is 0 Å². The zero-order valence-corrected chi connectivity index (χ0v) is 10.00. The average molecular weight is 271 g/mol. The van der Waals surface area contributed by atoms with E-state index in [9.17, 15) is 0 Å². The standard InChI is InChI=1S/C9H8Cl2N6/c10-4-1-2-5(11)6(3-4)14-9-15-7(12)8(13)16-17-9/h1-3H,(H2,13,16)(H3,12,14,15,17). The van der Waals surface area contributed by atoms with Crippen LogP contribution in [0.5, 0.6) is 0 Å². The molecule has 0 aliphatic heterocycles. The zero-order chi connectivity index (χ0) is 12.4. The van der Waals surface area contributed by atoms with Crippen molar-refractivity contribution in [2.75, 3.05) is 16.8 Å². The maximum absolute atomic E-state index is 5.96. The van der Waals surface area contributed by atoms with E-state index in [1.54, 1.807) is 18.2 Å². The number of aromatic nitrogens is 3. The lowest BCUT2D eigenvalue weighted by Gasteiger charge is -2.07. The maximum Gasteiger partial charge on any atom is 0.249 e. The van der Waals surface area contributed by atoms with E-state index >= 15 is 0 Å². The van der Waals surface area contributed by atoms with Gasteiger partial charge in [0.25, 0.3) is 0 Å². The van der Waals surface area contributed by atoms with E-state index in [4.69, 9.17) is 34.7 Å². The molecule has 88 valence electrons. The molecule has 0 aliphatic rings. The summed E-state index contributed by atoms with van der Waals surface area (Å²) in [6.07, 6.45) is 0. The van der Waals surface area contributed by atoms with Gasteiger partial charge in [0.15, 0.2) is 11.6 Å². The predicted octanol–water partition coefficient (Wildman–Crippen LogP) is 2.09. The molecule has 0 bridgehead atoms. The van der Waals surface area contributed by atoms with Gasteiger partial charge in [0.1, 0.15) is 0 Å². The van der Waals surface area contributed by atoms with Gasteiger partial charge in [0.2, 0.25) is 5.95 Å². The van der Waals surface area contributed by atoms with E-state index in [0.717, 1.165) is 0 Å². The molecule has 6 nitrogen and oxygen atoms in total. The third-order valence-electron chi connectivity index (χ3n) is 1.92. The largest absolute Gasteiger partial charge is 0.380 e. The molecule has 0 aliphatic carbocycles. The minimum atomic E-state index is 0.0766. The summed E-state index contributed by atoms with van der Waals surface area (Å²) in [7, 11) is 0. The second kappa shape index (κ2) is 4.60. The number of nitrogens with one attached hydrogen (secondary N) is 1. The van der Waals surface area contributed by atoms with Crippen LogP contribution < -0.4 is 16.8 Å². The van der Waals surface area contributed by atoms with Crippen LogP contribution in [-0.2, 0) is 0 Å². The number of benzene rings is 1. The van der Waals surface area contributed by atoms with Crippen molar-refractivity contribution in [2.45, 2.75) is 0 Å². The summed E-state index contributed by atoms with van der Waals surface area (Å²) in [5.74, 6) is 0.370. The predicted molar refractivity (Wildman–Crippen MR) is 68.4 cm³/mol. The van der Waals surface area contributed by atoms with Crippen molar-refractivity contribution >= 4 is 46.5 Å². The van der Waals surface area contributed by atoms with E-state index in [2.05, 4.69) is 20.5 Å². The maximum atomic E-state index is 5.96. The number of rotatable bonds is 2. The highest BCUT2D eigenvalue weighted by Gasteiger charge is 2.06. The molecule has 0 unspecified atom stereocenters. The van der Waals surface area contributed by atoms with Gasteiger partial charge in [-0.15, -0.1) is 10.2 Å². The van der Waals surface area contributed by atoms with Crippen molar-refractivity contribution in [1.29, 1.82) is 0 Å². The van der Waals surface area contributed by atoms with Crippen LogP contribution in [0.25, 0.3) is 0 Å². The molecule has 0 radical (unpaired) electrons. The number of nitrogen functional groups attached to an aromatic ring is 2. The topological polar surface area (TPSA) is 103 Å². The lowest BCUT2D eigenvalue weighted by molar-refractivity contribution is 0.996. The highest BCUT2D eigenvalue weighted by atomic mass is 35.5. The van der Waals surface area contributed by atoms with Crippen LogP contribution in [0.2, 0.25) is 10.0 Å². The van der Waals surface area contributed by atoms with Gasteiger partial charge in [-0.3, -0.25) is 0 Å². The van der Waals surface area contributed by atoms with Crippen LogP contribution in [0.3, 0.4) is 0 Å². The SMILES string of the molecule is Nc1nnc(Nc2cc(Cl)ccc2Cl)nc1N. The third kappa shape index (κ3) is 2.66. The van der Waals surface area contributed by atoms with Gasteiger partial charge in [-0.05, 0) is 18.2 Å². The molecule has 8 heteroatoms. The van der Waals surface area contributed by atoms with E-state index in [1.807, 2.05) is 0 Å². The van der Waals surface area contributed by atoms with E-state index < -0.39 is 0 Å². The molecular weight excluding hydrogens is 263 g/mol. The van der Waals surface area contributed by atoms with Gasteiger partial charge >= 0.3 is 0 Å². The Hall–Kier alpha value is -1.79. The average Bonchev–Trinajstić information content (AvgIpc) is 2.29. The highest BCUT2D eigenvalue weighted by Crippen LogP contribution is 2.27. The number of nitrogens with zero attached hydrogens (tertiary/aromatic N) is 3. The second-order valence-corrected chi connectivity index (χ2v) is 4.00. The summed E-state index contributed by atoms with van der Waals surface area (Å²) in [6.45, 7) is 0. The number of halogens is 2.